The number of carbonyl (C=O) groups is 3. The van der Waals surface area contributed by atoms with Crippen molar-refractivity contribution in [1.29, 1.82) is 0 Å². The van der Waals surface area contributed by atoms with E-state index in [1.807, 2.05) is 12.1 Å². The SMILES string of the molecule is COc1ccc(C(=O)N(CCc2ccc(OC)c(OC)c2)C2CC(=O)N(c3ccc(OC)cc3)C2=O)cc1. The van der Waals surface area contributed by atoms with Crippen LogP contribution in [0.4, 0.5) is 5.69 Å². The summed E-state index contributed by atoms with van der Waals surface area (Å²) in [5, 5.41) is 0. The van der Waals surface area contributed by atoms with Crippen LogP contribution in [0.3, 0.4) is 0 Å². The first-order chi connectivity index (χ1) is 18.4. The molecule has 1 atom stereocenters. The van der Waals surface area contributed by atoms with Gasteiger partial charge in [-0.15, -0.1) is 0 Å². The first kappa shape index (κ1) is 26.5. The van der Waals surface area contributed by atoms with Crippen molar-refractivity contribution < 1.29 is 33.3 Å². The summed E-state index contributed by atoms with van der Waals surface area (Å²) in [5.74, 6) is 1.20. The molecule has 1 aliphatic rings. The van der Waals surface area contributed by atoms with Gasteiger partial charge in [-0.25, -0.2) is 4.90 Å². The van der Waals surface area contributed by atoms with E-state index in [0.29, 0.717) is 40.7 Å². The molecule has 38 heavy (non-hydrogen) atoms. The molecule has 1 aliphatic heterocycles. The first-order valence-corrected chi connectivity index (χ1v) is 12.1. The standard InChI is InChI=1S/C29H30N2O7/c1-35-22-10-6-20(7-11-22)28(33)30(16-15-19-5-14-25(37-3)26(17-19)38-4)24-18-27(32)31(29(24)34)21-8-12-23(36-2)13-9-21/h5-14,17,24H,15-16,18H2,1-4H3. The number of hydrogen-bond donors (Lipinski definition) is 0. The molecule has 1 fully saturated rings. The van der Waals surface area contributed by atoms with Crippen LogP contribution in [0.25, 0.3) is 0 Å². The number of carbonyl (C=O) groups excluding carboxylic acids is 3. The van der Waals surface area contributed by atoms with E-state index in [0.717, 1.165) is 10.5 Å². The minimum absolute atomic E-state index is 0.112. The lowest BCUT2D eigenvalue weighted by atomic mass is 10.1. The molecule has 3 amide bonds. The predicted octanol–water partition coefficient (Wildman–Crippen LogP) is 3.74. The fourth-order valence-corrected chi connectivity index (χ4v) is 4.45. The zero-order valence-electron chi connectivity index (χ0n) is 21.8. The van der Waals surface area contributed by atoms with Crippen molar-refractivity contribution in [3.63, 3.8) is 0 Å². The summed E-state index contributed by atoms with van der Waals surface area (Å²) in [6.07, 6.45) is 0.321. The van der Waals surface area contributed by atoms with E-state index in [-0.39, 0.29) is 24.8 Å². The van der Waals surface area contributed by atoms with Gasteiger partial charge in [0.2, 0.25) is 5.91 Å². The molecule has 0 saturated carbocycles. The molecule has 0 N–H and O–H groups in total. The predicted molar refractivity (Wildman–Crippen MR) is 141 cm³/mol. The van der Waals surface area contributed by atoms with Gasteiger partial charge in [-0.3, -0.25) is 14.4 Å². The van der Waals surface area contributed by atoms with Crippen molar-refractivity contribution in [2.45, 2.75) is 18.9 Å². The quantitative estimate of drug-likeness (QED) is 0.378. The molecule has 1 heterocycles. The highest BCUT2D eigenvalue weighted by molar-refractivity contribution is 6.23. The molecule has 198 valence electrons. The van der Waals surface area contributed by atoms with E-state index in [2.05, 4.69) is 0 Å². The summed E-state index contributed by atoms with van der Waals surface area (Å²) in [6.45, 7) is 0.209. The third kappa shape index (κ3) is 5.41. The van der Waals surface area contributed by atoms with Crippen molar-refractivity contribution in [3.05, 3.63) is 77.9 Å². The van der Waals surface area contributed by atoms with Crippen LogP contribution in [-0.2, 0) is 16.0 Å². The lowest BCUT2D eigenvalue weighted by molar-refractivity contribution is -0.122. The Morgan fingerprint density at radius 1 is 0.816 bits per heavy atom. The maximum Gasteiger partial charge on any atom is 0.257 e. The monoisotopic (exact) mass is 518 g/mol. The number of nitrogens with zero attached hydrogens (tertiary/aromatic N) is 2. The molecule has 1 unspecified atom stereocenters. The smallest absolute Gasteiger partial charge is 0.257 e. The maximum atomic E-state index is 13.7. The Balaban J connectivity index is 1.63. The summed E-state index contributed by atoms with van der Waals surface area (Å²) in [4.78, 5) is 42.9. The Labute approximate surface area is 221 Å². The van der Waals surface area contributed by atoms with Gasteiger partial charge in [0.15, 0.2) is 11.5 Å². The van der Waals surface area contributed by atoms with Gasteiger partial charge in [-0.1, -0.05) is 6.07 Å². The van der Waals surface area contributed by atoms with Crippen LogP contribution in [0.5, 0.6) is 23.0 Å². The topological polar surface area (TPSA) is 94.6 Å². The highest BCUT2D eigenvalue weighted by atomic mass is 16.5. The average Bonchev–Trinajstić information content (AvgIpc) is 3.25. The zero-order valence-corrected chi connectivity index (χ0v) is 21.8. The van der Waals surface area contributed by atoms with Crippen molar-refractivity contribution in [2.75, 3.05) is 39.9 Å². The number of rotatable bonds is 10. The Kier molecular flexibility index (Phi) is 8.15. The van der Waals surface area contributed by atoms with Gasteiger partial charge in [0.1, 0.15) is 17.5 Å². The number of anilines is 1. The van der Waals surface area contributed by atoms with Gasteiger partial charge in [0, 0.05) is 12.1 Å². The van der Waals surface area contributed by atoms with Crippen LogP contribution < -0.4 is 23.8 Å². The van der Waals surface area contributed by atoms with Crippen LogP contribution in [0.15, 0.2) is 66.7 Å². The number of amides is 3. The second-order valence-electron chi connectivity index (χ2n) is 8.65. The second kappa shape index (κ2) is 11.7. The first-order valence-electron chi connectivity index (χ1n) is 12.1. The molecule has 0 aliphatic carbocycles. The highest BCUT2D eigenvalue weighted by Crippen LogP contribution is 2.30. The zero-order chi connectivity index (χ0) is 27.2. The molecule has 0 bridgehead atoms. The van der Waals surface area contributed by atoms with Crippen molar-refractivity contribution in [2.24, 2.45) is 0 Å². The maximum absolute atomic E-state index is 13.7. The lowest BCUT2D eigenvalue weighted by Gasteiger charge is -2.28. The number of ether oxygens (including phenoxy) is 4. The summed E-state index contributed by atoms with van der Waals surface area (Å²) >= 11 is 0. The molecule has 9 nitrogen and oxygen atoms in total. The molecule has 1 saturated heterocycles. The summed E-state index contributed by atoms with van der Waals surface area (Å²) < 4.78 is 21.1. The molecule has 3 aromatic rings. The van der Waals surface area contributed by atoms with Gasteiger partial charge >= 0.3 is 0 Å². The van der Waals surface area contributed by atoms with E-state index < -0.39 is 11.9 Å². The fraction of sp³-hybridized carbons (Fsp3) is 0.276. The molecular formula is C29H30N2O7. The minimum atomic E-state index is -0.945. The number of imide groups is 1. The molecule has 9 heteroatoms. The Bertz CT molecular complexity index is 1310. The molecule has 0 spiro atoms. The van der Waals surface area contributed by atoms with Crippen LogP contribution in [0.2, 0.25) is 0 Å². The third-order valence-electron chi connectivity index (χ3n) is 6.52. The van der Waals surface area contributed by atoms with E-state index in [1.165, 1.54) is 12.0 Å². The molecule has 3 aromatic carbocycles. The van der Waals surface area contributed by atoms with Crippen LogP contribution >= 0.6 is 0 Å². The van der Waals surface area contributed by atoms with Gasteiger partial charge in [0.25, 0.3) is 11.8 Å². The Hall–Kier alpha value is -4.53. The van der Waals surface area contributed by atoms with Gasteiger partial charge < -0.3 is 23.8 Å². The Morgan fingerprint density at radius 2 is 1.42 bits per heavy atom. The largest absolute Gasteiger partial charge is 0.497 e. The average molecular weight is 519 g/mol. The molecular weight excluding hydrogens is 488 g/mol. The summed E-state index contributed by atoms with van der Waals surface area (Å²) in [7, 11) is 6.20. The van der Waals surface area contributed by atoms with E-state index in [1.54, 1.807) is 75.9 Å². The normalized spacial score (nSPS) is 14.8. The highest BCUT2D eigenvalue weighted by Gasteiger charge is 2.44. The van der Waals surface area contributed by atoms with Crippen LogP contribution in [0.1, 0.15) is 22.3 Å². The van der Waals surface area contributed by atoms with Gasteiger partial charge in [0.05, 0.1) is 40.5 Å². The van der Waals surface area contributed by atoms with Crippen molar-refractivity contribution in [3.8, 4) is 23.0 Å². The summed E-state index contributed by atoms with van der Waals surface area (Å²) in [5.41, 5.74) is 1.71. The van der Waals surface area contributed by atoms with E-state index >= 15 is 0 Å². The van der Waals surface area contributed by atoms with E-state index in [4.69, 9.17) is 18.9 Å². The van der Waals surface area contributed by atoms with Crippen molar-refractivity contribution in [1.82, 2.24) is 4.90 Å². The van der Waals surface area contributed by atoms with E-state index in [9.17, 15) is 14.4 Å². The third-order valence-corrected chi connectivity index (χ3v) is 6.52. The van der Waals surface area contributed by atoms with Gasteiger partial charge in [-0.2, -0.15) is 0 Å². The number of methoxy groups -OCH3 is 4. The van der Waals surface area contributed by atoms with Gasteiger partial charge in [-0.05, 0) is 72.6 Å². The lowest BCUT2D eigenvalue weighted by Crippen LogP contribution is -2.46. The molecule has 0 aromatic heterocycles. The minimum Gasteiger partial charge on any atom is -0.497 e. The van der Waals surface area contributed by atoms with Crippen molar-refractivity contribution >= 4 is 23.4 Å². The van der Waals surface area contributed by atoms with Crippen LogP contribution in [-0.4, -0.2) is 63.6 Å². The fourth-order valence-electron chi connectivity index (χ4n) is 4.45. The molecule has 0 radical (unpaired) electrons. The Morgan fingerprint density at radius 3 is 2.00 bits per heavy atom. The number of hydrogen-bond acceptors (Lipinski definition) is 7. The second-order valence-corrected chi connectivity index (χ2v) is 8.65. The molecule has 4 rings (SSSR count). The van der Waals surface area contributed by atoms with Crippen LogP contribution in [0, 0.1) is 0 Å². The number of benzene rings is 3. The summed E-state index contributed by atoms with van der Waals surface area (Å²) in [6, 6.07) is 17.9.